The molecule has 1 amide bonds. The zero-order chi connectivity index (χ0) is 20.0. The SMILES string of the molecule is Cc1ccccc1C(=O)N1CC[C@@]2(CCn3c2nnc(-c2ccccc2)c3=O)C1. The van der Waals surface area contributed by atoms with Gasteiger partial charge in [0.2, 0.25) is 0 Å². The van der Waals surface area contributed by atoms with Crippen molar-refractivity contribution in [3.63, 3.8) is 0 Å². The second-order valence-corrected chi connectivity index (χ2v) is 8.02. The van der Waals surface area contributed by atoms with Gasteiger partial charge in [-0.05, 0) is 31.4 Å². The van der Waals surface area contributed by atoms with Gasteiger partial charge in [0.05, 0.1) is 5.41 Å². The van der Waals surface area contributed by atoms with Crippen LogP contribution in [0.1, 0.15) is 34.6 Å². The number of carbonyl (C=O) groups is 1. The van der Waals surface area contributed by atoms with Crippen molar-refractivity contribution in [1.82, 2.24) is 19.7 Å². The molecule has 1 spiro atoms. The highest BCUT2D eigenvalue weighted by atomic mass is 16.2. The molecule has 1 aromatic heterocycles. The van der Waals surface area contributed by atoms with E-state index >= 15 is 0 Å². The summed E-state index contributed by atoms with van der Waals surface area (Å²) in [5, 5.41) is 8.79. The Bertz CT molecular complexity index is 1160. The number of likely N-dealkylation sites (tertiary alicyclic amines) is 1. The lowest BCUT2D eigenvalue weighted by Gasteiger charge is -2.23. The molecule has 29 heavy (non-hydrogen) atoms. The van der Waals surface area contributed by atoms with E-state index in [4.69, 9.17) is 0 Å². The summed E-state index contributed by atoms with van der Waals surface area (Å²) < 4.78 is 1.76. The number of rotatable bonds is 2. The van der Waals surface area contributed by atoms with Crippen LogP contribution in [0.3, 0.4) is 0 Å². The third-order valence-electron chi connectivity index (χ3n) is 6.30. The molecule has 0 aliphatic carbocycles. The maximum atomic E-state index is 13.1. The van der Waals surface area contributed by atoms with Crippen molar-refractivity contribution in [2.45, 2.75) is 31.7 Å². The standard InChI is InChI=1S/C23H22N4O2/c1-16-7-5-6-10-18(16)20(28)26-13-11-23(15-26)12-14-27-21(29)19(24-25-22(23)27)17-8-3-2-4-9-17/h2-10H,11-15H2,1H3/t23-/m1/s1. The van der Waals surface area contributed by atoms with Crippen molar-refractivity contribution in [3.8, 4) is 11.3 Å². The van der Waals surface area contributed by atoms with Crippen molar-refractivity contribution in [1.29, 1.82) is 0 Å². The summed E-state index contributed by atoms with van der Waals surface area (Å²) in [6.45, 7) is 3.83. The molecule has 0 unspecified atom stereocenters. The average molecular weight is 386 g/mol. The smallest absolute Gasteiger partial charge is 0.280 e. The molecule has 1 atom stereocenters. The number of aryl methyl sites for hydroxylation is 1. The molecule has 1 fully saturated rings. The molecule has 5 rings (SSSR count). The predicted molar refractivity (Wildman–Crippen MR) is 110 cm³/mol. The molecule has 1 saturated heterocycles. The predicted octanol–water partition coefficient (Wildman–Crippen LogP) is 2.80. The van der Waals surface area contributed by atoms with Gasteiger partial charge in [-0.3, -0.25) is 14.2 Å². The van der Waals surface area contributed by atoms with E-state index in [1.54, 1.807) is 4.57 Å². The van der Waals surface area contributed by atoms with E-state index in [-0.39, 0.29) is 16.9 Å². The highest BCUT2D eigenvalue weighted by Gasteiger charge is 2.48. The Morgan fingerprint density at radius 3 is 2.48 bits per heavy atom. The van der Waals surface area contributed by atoms with E-state index in [0.29, 0.717) is 25.3 Å². The van der Waals surface area contributed by atoms with Crippen LogP contribution >= 0.6 is 0 Å². The van der Waals surface area contributed by atoms with Gasteiger partial charge in [0, 0.05) is 30.8 Å². The lowest BCUT2D eigenvalue weighted by Crippen LogP contribution is -2.35. The highest BCUT2D eigenvalue weighted by molar-refractivity contribution is 5.95. The Morgan fingerprint density at radius 2 is 1.69 bits per heavy atom. The van der Waals surface area contributed by atoms with Crippen LogP contribution in [0.25, 0.3) is 11.3 Å². The monoisotopic (exact) mass is 386 g/mol. The minimum atomic E-state index is -0.278. The Labute approximate surface area is 168 Å². The summed E-state index contributed by atoms with van der Waals surface area (Å²) in [6.07, 6.45) is 1.62. The highest BCUT2D eigenvalue weighted by Crippen LogP contribution is 2.41. The number of amides is 1. The zero-order valence-electron chi connectivity index (χ0n) is 16.3. The number of hydrogen-bond donors (Lipinski definition) is 0. The molecule has 0 bridgehead atoms. The summed E-state index contributed by atoms with van der Waals surface area (Å²) in [5.74, 6) is 0.775. The van der Waals surface area contributed by atoms with Crippen molar-refractivity contribution in [3.05, 3.63) is 81.9 Å². The molecular weight excluding hydrogens is 364 g/mol. The first-order valence-electron chi connectivity index (χ1n) is 9.97. The summed E-state index contributed by atoms with van der Waals surface area (Å²) in [5.41, 5.74) is 2.52. The number of fused-ring (bicyclic) bond motifs is 2. The number of benzene rings is 2. The largest absolute Gasteiger partial charge is 0.338 e. The third-order valence-corrected chi connectivity index (χ3v) is 6.30. The van der Waals surface area contributed by atoms with Gasteiger partial charge in [0.1, 0.15) is 5.82 Å². The van der Waals surface area contributed by atoms with Crippen LogP contribution < -0.4 is 5.56 Å². The molecule has 6 nitrogen and oxygen atoms in total. The van der Waals surface area contributed by atoms with Crippen LogP contribution in [0.2, 0.25) is 0 Å². The summed E-state index contributed by atoms with van der Waals surface area (Å²) >= 11 is 0. The van der Waals surface area contributed by atoms with Gasteiger partial charge in [-0.25, -0.2) is 0 Å². The molecule has 6 heteroatoms. The van der Waals surface area contributed by atoms with Crippen LogP contribution in [0.4, 0.5) is 0 Å². The zero-order valence-corrected chi connectivity index (χ0v) is 16.3. The first-order valence-corrected chi connectivity index (χ1v) is 9.97. The first kappa shape index (κ1) is 17.8. The van der Waals surface area contributed by atoms with Crippen molar-refractivity contribution < 1.29 is 4.79 Å². The minimum Gasteiger partial charge on any atom is -0.338 e. The van der Waals surface area contributed by atoms with Crippen LogP contribution in [0, 0.1) is 6.92 Å². The Morgan fingerprint density at radius 1 is 0.966 bits per heavy atom. The normalized spacial score (nSPS) is 20.2. The molecule has 2 aliphatic rings. The van der Waals surface area contributed by atoms with Crippen LogP contribution in [-0.4, -0.2) is 38.7 Å². The topological polar surface area (TPSA) is 68.1 Å². The van der Waals surface area contributed by atoms with Crippen LogP contribution in [-0.2, 0) is 12.0 Å². The van der Waals surface area contributed by atoms with Gasteiger partial charge in [-0.2, -0.15) is 0 Å². The van der Waals surface area contributed by atoms with Gasteiger partial charge in [0.15, 0.2) is 5.69 Å². The van der Waals surface area contributed by atoms with Crippen molar-refractivity contribution in [2.75, 3.05) is 13.1 Å². The fourth-order valence-corrected chi connectivity index (χ4v) is 4.65. The van der Waals surface area contributed by atoms with Crippen LogP contribution in [0.15, 0.2) is 59.4 Å². The molecule has 3 heterocycles. The Kier molecular flexibility index (Phi) is 4.08. The molecule has 2 aromatic carbocycles. The molecular formula is C23H22N4O2. The Balaban J connectivity index is 1.47. The second kappa shape index (κ2) is 6.65. The van der Waals surface area contributed by atoms with Gasteiger partial charge in [0.25, 0.3) is 11.5 Å². The number of nitrogens with zero attached hydrogens (tertiary/aromatic N) is 4. The maximum Gasteiger partial charge on any atom is 0.280 e. The van der Waals surface area contributed by atoms with E-state index in [0.717, 1.165) is 35.4 Å². The van der Waals surface area contributed by atoms with Crippen LogP contribution in [0.5, 0.6) is 0 Å². The van der Waals surface area contributed by atoms with Gasteiger partial charge in [-0.15, -0.1) is 10.2 Å². The fourth-order valence-electron chi connectivity index (χ4n) is 4.65. The second-order valence-electron chi connectivity index (χ2n) is 8.02. The van der Waals surface area contributed by atoms with Crippen molar-refractivity contribution in [2.24, 2.45) is 0 Å². The summed E-state index contributed by atoms with van der Waals surface area (Å²) in [7, 11) is 0. The van der Waals surface area contributed by atoms with Gasteiger partial charge < -0.3 is 4.90 Å². The third kappa shape index (κ3) is 2.78. The first-order chi connectivity index (χ1) is 14.1. The summed E-state index contributed by atoms with van der Waals surface area (Å²) in [6, 6.07) is 17.1. The molecule has 0 N–H and O–H groups in total. The van der Waals surface area contributed by atoms with Gasteiger partial charge in [-0.1, -0.05) is 48.5 Å². The van der Waals surface area contributed by atoms with Crippen molar-refractivity contribution >= 4 is 5.91 Å². The quantitative estimate of drug-likeness (QED) is 0.679. The fraction of sp³-hybridized carbons (Fsp3) is 0.304. The molecule has 0 saturated carbocycles. The molecule has 3 aromatic rings. The Hall–Kier alpha value is -3.28. The molecule has 0 radical (unpaired) electrons. The number of carbonyl (C=O) groups excluding carboxylic acids is 1. The molecule has 2 aliphatic heterocycles. The van der Waals surface area contributed by atoms with E-state index in [1.165, 1.54) is 0 Å². The van der Waals surface area contributed by atoms with Gasteiger partial charge >= 0.3 is 0 Å². The maximum absolute atomic E-state index is 13.1. The number of aromatic nitrogens is 3. The molecule has 146 valence electrons. The average Bonchev–Trinajstić information content (AvgIpc) is 3.34. The summed E-state index contributed by atoms with van der Waals surface area (Å²) in [4.78, 5) is 28.0. The van der Waals surface area contributed by atoms with E-state index in [2.05, 4.69) is 10.2 Å². The lowest BCUT2D eigenvalue weighted by atomic mass is 9.85. The number of hydrogen-bond acceptors (Lipinski definition) is 4. The minimum absolute atomic E-state index is 0.0506. The van der Waals surface area contributed by atoms with E-state index in [9.17, 15) is 9.59 Å². The lowest BCUT2D eigenvalue weighted by molar-refractivity contribution is 0.0782. The van der Waals surface area contributed by atoms with E-state index in [1.807, 2.05) is 66.4 Å². The van der Waals surface area contributed by atoms with E-state index < -0.39 is 0 Å².